The first-order valence-electron chi connectivity index (χ1n) is 5.78. The summed E-state index contributed by atoms with van der Waals surface area (Å²) in [6.45, 7) is 0. The van der Waals surface area contributed by atoms with Crippen molar-refractivity contribution in [2.45, 2.75) is 0 Å². The van der Waals surface area contributed by atoms with Gasteiger partial charge in [-0.15, -0.1) is 0 Å². The molecule has 0 saturated heterocycles. The Labute approximate surface area is 108 Å². The summed E-state index contributed by atoms with van der Waals surface area (Å²) in [6.07, 6.45) is 0. The lowest BCUT2D eigenvalue weighted by atomic mass is 10.1. The van der Waals surface area contributed by atoms with Crippen LogP contribution in [-0.2, 0) is 0 Å². The molecule has 0 unspecified atom stereocenters. The number of hydrogen-bond acceptors (Lipinski definition) is 4. The van der Waals surface area contributed by atoms with Crippen molar-refractivity contribution in [1.82, 2.24) is 0 Å². The fraction of sp³-hybridized carbons (Fsp3) is 0. The summed E-state index contributed by atoms with van der Waals surface area (Å²) in [5.41, 5.74) is 1.44. The molecular formula is C15H11NO3. The number of phenolic OH excluding ortho intramolecular Hbond substituents is 1. The standard InChI is InChI=1S/C15H11NO3/c17-11-7-5-10(6-8-11)15-9-13(16-18)12-3-1-2-4-14(12)19-15/h1-9,17-18H/b16-13+. The molecule has 1 aromatic heterocycles. The molecule has 0 aliphatic heterocycles. The minimum atomic E-state index is 0.191. The Balaban J connectivity index is 2.28. The van der Waals surface area contributed by atoms with E-state index < -0.39 is 0 Å². The fourth-order valence-corrected chi connectivity index (χ4v) is 1.97. The highest BCUT2D eigenvalue weighted by atomic mass is 16.4. The van der Waals surface area contributed by atoms with Gasteiger partial charge in [-0.1, -0.05) is 17.3 Å². The minimum Gasteiger partial charge on any atom is -0.508 e. The summed E-state index contributed by atoms with van der Waals surface area (Å²) in [6, 6.07) is 15.7. The number of aromatic hydroxyl groups is 1. The maximum atomic E-state index is 9.29. The first-order valence-corrected chi connectivity index (χ1v) is 5.78. The van der Waals surface area contributed by atoms with Crippen molar-refractivity contribution < 1.29 is 14.7 Å². The number of phenols is 1. The van der Waals surface area contributed by atoms with Gasteiger partial charge < -0.3 is 14.7 Å². The van der Waals surface area contributed by atoms with Crippen LogP contribution in [0.2, 0.25) is 0 Å². The lowest BCUT2D eigenvalue weighted by Crippen LogP contribution is -2.02. The van der Waals surface area contributed by atoms with Crippen LogP contribution in [0.1, 0.15) is 0 Å². The molecule has 0 fully saturated rings. The summed E-state index contributed by atoms with van der Waals surface area (Å²) >= 11 is 0. The van der Waals surface area contributed by atoms with E-state index in [4.69, 9.17) is 9.62 Å². The lowest BCUT2D eigenvalue weighted by Gasteiger charge is -2.04. The van der Waals surface area contributed by atoms with E-state index in [0.29, 0.717) is 16.7 Å². The zero-order valence-corrected chi connectivity index (χ0v) is 9.95. The Hall–Kier alpha value is -2.75. The Bertz CT molecular complexity index is 788. The lowest BCUT2D eigenvalue weighted by molar-refractivity contribution is 0.302. The molecular weight excluding hydrogens is 242 g/mol. The quantitative estimate of drug-likeness (QED) is 0.517. The molecule has 0 amide bonds. The van der Waals surface area contributed by atoms with Gasteiger partial charge in [0, 0.05) is 17.0 Å². The zero-order chi connectivity index (χ0) is 13.2. The van der Waals surface area contributed by atoms with E-state index in [1.807, 2.05) is 24.3 Å². The molecule has 4 heteroatoms. The fourth-order valence-electron chi connectivity index (χ4n) is 1.97. The molecule has 0 bridgehead atoms. The van der Waals surface area contributed by atoms with Crippen LogP contribution in [0, 0.1) is 0 Å². The number of hydrogen-bond donors (Lipinski definition) is 2. The highest BCUT2D eigenvalue weighted by Gasteiger charge is 2.05. The van der Waals surface area contributed by atoms with Gasteiger partial charge >= 0.3 is 0 Å². The van der Waals surface area contributed by atoms with Crippen LogP contribution in [0.25, 0.3) is 22.3 Å². The smallest absolute Gasteiger partial charge is 0.136 e. The van der Waals surface area contributed by atoms with Crippen molar-refractivity contribution in [2.24, 2.45) is 5.16 Å². The van der Waals surface area contributed by atoms with E-state index >= 15 is 0 Å². The predicted octanol–water partition coefficient (Wildman–Crippen LogP) is 3.10. The van der Waals surface area contributed by atoms with Crippen molar-refractivity contribution in [2.75, 3.05) is 0 Å². The van der Waals surface area contributed by atoms with Crippen LogP contribution in [0.15, 0.2) is 64.2 Å². The number of benzene rings is 2. The molecule has 0 atom stereocenters. The van der Waals surface area contributed by atoms with Crippen LogP contribution in [-0.4, -0.2) is 10.3 Å². The monoisotopic (exact) mass is 253 g/mol. The van der Waals surface area contributed by atoms with Gasteiger partial charge in [-0.25, -0.2) is 0 Å². The van der Waals surface area contributed by atoms with Gasteiger partial charge in [-0.2, -0.15) is 0 Å². The van der Waals surface area contributed by atoms with Crippen LogP contribution in [0.4, 0.5) is 0 Å². The van der Waals surface area contributed by atoms with Crippen LogP contribution < -0.4 is 5.36 Å². The SMILES string of the molecule is O/N=c1\cc(-c2ccc(O)cc2)oc2ccccc12. The highest BCUT2D eigenvalue weighted by Crippen LogP contribution is 2.23. The van der Waals surface area contributed by atoms with Crippen molar-refractivity contribution in [3.05, 3.63) is 60.0 Å². The first-order chi connectivity index (χ1) is 9.28. The summed E-state index contributed by atoms with van der Waals surface area (Å²) in [5.74, 6) is 0.767. The molecule has 3 rings (SSSR count). The predicted molar refractivity (Wildman–Crippen MR) is 70.7 cm³/mol. The zero-order valence-electron chi connectivity index (χ0n) is 9.95. The molecule has 2 aromatic carbocycles. The van der Waals surface area contributed by atoms with E-state index in [2.05, 4.69) is 5.16 Å². The molecule has 2 N–H and O–H groups in total. The Morgan fingerprint density at radius 2 is 1.68 bits per heavy atom. The summed E-state index contributed by atoms with van der Waals surface area (Å²) in [4.78, 5) is 0. The normalized spacial score (nSPS) is 11.9. The Kier molecular flexibility index (Phi) is 2.68. The third-order valence-corrected chi connectivity index (χ3v) is 2.91. The van der Waals surface area contributed by atoms with Gasteiger partial charge in [0.1, 0.15) is 22.5 Å². The summed E-state index contributed by atoms with van der Waals surface area (Å²) in [7, 11) is 0. The number of fused-ring (bicyclic) bond motifs is 1. The van der Waals surface area contributed by atoms with Gasteiger partial charge in [0.2, 0.25) is 0 Å². The topological polar surface area (TPSA) is 66.0 Å². The average Bonchev–Trinajstić information content (AvgIpc) is 2.47. The van der Waals surface area contributed by atoms with E-state index in [1.54, 1.807) is 30.3 Å². The first kappa shape index (κ1) is 11.3. The van der Waals surface area contributed by atoms with Gasteiger partial charge in [0.25, 0.3) is 0 Å². The van der Waals surface area contributed by atoms with Gasteiger partial charge in [0.15, 0.2) is 0 Å². The van der Waals surface area contributed by atoms with E-state index in [0.717, 1.165) is 10.9 Å². The summed E-state index contributed by atoms with van der Waals surface area (Å²) < 4.78 is 5.78. The molecule has 0 aliphatic carbocycles. The van der Waals surface area contributed by atoms with Crippen molar-refractivity contribution >= 4 is 11.0 Å². The van der Waals surface area contributed by atoms with Crippen LogP contribution in [0.3, 0.4) is 0 Å². The Morgan fingerprint density at radius 1 is 0.947 bits per heavy atom. The second kappa shape index (κ2) is 4.49. The number of para-hydroxylation sites is 1. The third kappa shape index (κ3) is 2.04. The molecule has 4 nitrogen and oxygen atoms in total. The highest BCUT2D eigenvalue weighted by molar-refractivity contribution is 5.78. The van der Waals surface area contributed by atoms with Gasteiger partial charge in [-0.3, -0.25) is 0 Å². The third-order valence-electron chi connectivity index (χ3n) is 2.91. The van der Waals surface area contributed by atoms with E-state index in [9.17, 15) is 5.11 Å². The molecule has 3 aromatic rings. The van der Waals surface area contributed by atoms with Crippen molar-refractivity contribution in [1.29, 1.82) is 0 Å². The number of rotatable bonds is 1. The Morgan fingerprint density at radius 3 is 2.42 bits per heavy atom. The largest absolute Gasteiger partial charge is 0.508 e. The molecule has 0 aliphatic rings. The molecule has 19 heavy (non-hydrogen) atoms. The van der Waals surface area contributed by atoms with Gasteiger partial charge in [-0.05, 0) is 36.4 Å². The number of nitrogens with zero attached hydrogens (tertiary/aromatic N) is 1. The second-order valence-corrected chi connectivity index (χ2v) is 4.14. The maximum absolute atomic E-state index is 9.29. The van der Waals surface area contributed by atoms with Crippen LogP contribution in [0.5, 0.6) is 5.75 Å². The average molecular weight is 253 g/mol. The molecule has 0 spiro atoms. The molecule has 0 saturated carbocycles. The molecule has 94 valence electrons. The minimum absolute atomic E-state index is 0.191. The summed E-state index contributed by atoms with van der Waals surface area (Å²) in [5, 5.41) is 22.9. The van der Waals surface area contributed by atoms with Crippen molar-refractivity contribution in [3.8, 4) is 17.1 Å². The van der Waals surface area contributed by atoms with Crippen molar-refractivity contribution in [3.63, 3.8) is 0 Å². The van der Waals surface area contributed by atoms with E-state index in [1.165, 1.54) is 0 Å². The van der Waals surface area contributed by atoms with E-state index in [-0.39, 0.29) is 5.75 Å². The maximum Gasteiger partial charge on any atom is 0.136 e. The van der Waals surface area contributed by atoms with Crippen LogP contribution >= 0.6 is 0 Å². The van der Waals surface area contributed by atoms with Gasteiger partial charge in [0.05, 0.1) is 0 Å². The molecule has 0 radical (unpaired) electrons. The second-order valence-electron chi connectivity index (χ2n) is 4.14. The molecule has 1 heterocycles.